The van der Waals surface area contributed by atoms with E-state index < -0.39 is 6.10 Å². The van der Waals surface area contributed by atoms with Crippen LogP contribution in [-0.4, -0.2) is 27.5 Å². The van der Waals surface area contributed by atoms with Crippen LogP contribution in [0, 0.1) is 0 Å². The summed E-state index contributed by atoms with van der Waals surface area (Å²) in [6.07, 6.45) is 0.344. The summed E-state index contributed by atoms with van der Waals surface area (Å²) in [5.41, 5.74) is 0.545. The Morgan fingerprint density at radius 1 is 1.29 bits per heavy atom. The number of aliphatic hydroxyl groups excluding tert-OH is 1. The summed E-state index contributed by atoms with van der Waals surface area (Å²) in [4.78, 5) is 0. The number of hydrogen-bond acceptors (Lipinski definition) is 4. The van der Waals surface area contributed by atoms with Gasteiger partial charge in [0.15, 0.2) is 0 Å². The Balaban J connectivity index is 2.51. The van der Waals surface area contributed by atoms with Gasteiger partial charge in [0.05, 0.1) is 6.10 Å². The van der Waals surface area contributed by atoms with Crippen molar-refractivity contribution in [1.82, 2.24) is 5.32 Å². The Morgan fingerprint density at radius 2 is 1.94 bits per heavy atom. The van der Waals surface area contributed by atoms with Crippen LogP contribution < -0.4 is 5.32 Å². The van der Waals surface area contributed by atoms with Gasteiger partial charge in [0.1, 0.15) is 0 Å². The van der Waals surface area contributed by atoms with E-state index in [0.717, 1.165) is 30.6 Å². The summed E-state index contributed by atoms with van der Waals surface area (Å²) in [5.74, 6) is 0.713. The second-order valence-corrected chi connectivity index (χ2v) is 5.31. The van der Waals surface area contributed by atoms with Crippen molar-refractivity contribution in [2.24, 2.45) is 0 Å². The van der Waals surface area contributed by atoms with Crippen LogP contribution in [0.4, 0.5) is 0 Å². The Kier molecular flexibility index (Phi) is 5.98. The Labute approximate surface area is 107 Å². The van der Waals surface area contributed by atoms with Crippen LogP contribution in [0.1, 0.15) is 31.9 Å². The molecule has 0 saturated heterocycles. The van der Waals surface area contributed by atoms with E-state index in [4.69, 9.17) is 4.55 Å². The van der Waals surface area contributed by atoms with Crippen molar-refractivity contribution in [2.75, 3.05) is 12.3 Å². The molecule has 0 aromatic heterocycles. The van der Waals surface area contributed by atoms with E-state index in [1.807, 2.05) is 44.2 Å². The zero-order chi connectivity index (χ0) is 12.7. The van der Waals surface area contributed by atoms with Gasteiger partial charge in [0.25, 0.3) is 0 Å². The van der Waals surface area contributed by atoms with Gasteiger partial charge in [-0.2, -0.15) is 0 Å². The lowest BCUT2D eigenvalue weighted by molar-refractivity contribution is 0.0806. The minimum Gasteiger partial charge on any atom is -0.387 e. The normalized spacial score (nSPS) is 13.6. The molecule has 1 aromatic carbocycles. The molecule has 0 saturated carbocycles. The fraction of sp³-hybridized carbons (Fsp3) is 0.538. The van der Waals surface area contributed by atoms with Crippen LogP contribution in [0.25, 0.3) is 0 Å². The first kappa shape index (κ1) is 14.5. The molecule has 1 atom stereocenters. The second kappa shape index (κ2) is 7.01. The smallest absolute Gasteiger partial charge is 0.0966 e. The third-order valence-corrected chi connectivity index (χ3v) is 3.26. The average molecular weight is 255 g/mol. The number of nitrogens with one attached hydrogen (secondary N) is 1. The molecule has 1 unspecified atom stereocenters. The minimum absolute atomic E-state index is 0.374. The van der Waals surface area contributed by atoms with Crippen molar-refractivity contribution in [1.29, 1.82) is 0 Å². The summed E-state index contributed by atoms with van der Waals surface area (Å²) < 4.78 is 8.62. The van der Waals surface area contributed by atoms with E-state index in [-0.39, 0.29) is 5.54 Å². The molecule has 4 heteroatoms. The van der Waals surface area contributed by atoms with E-state index in [9.17, 15) is 5.11 Å². The van der Waals surface area contributed by atoms with Crippen molar-refractivity contribution in [3.63, 3.8) is 0 Å². The fourth-order valence-corrected chi connectivity index (χ4v) is 1.97. The number of aliphatic hydroxyl groups is 1. The summed E-state index contributed by atoms with van der Waals surface area (Å²) in [6, 6.07) is 9.65. The Bertz CT molecular complexity index is 316. The first-order chi connectivity index (χ1) is 8.08. The maximum absolute atomic E-state index is 10.3. The molecular weight excluding hydrogens is 234 g/mol. The molecular formula is C13H21NO2S. The number of hydrogen-bond donors (Lipinski definition) is 3. The monoisotopic (exact) mass is 255 g/mol. The maximum Gasteiger partial charge on any atom is 0.0966 e. The van der Waals surface area contributed by atoms with E-state index in [2.05, 4.69) is 5.32 Å². The van der Waals surface area contributed by atoms with Gasteiger partial charge in [-0.15, -0.1) is 0 Å². The zero-order valence-corrected chi connectivity index (χ0v) is 11.2. The Morgan fingerprint density at radius 3 is 2.53 bits per heavy atom. The maximum atomic E-state index is 10.3. The first-order valence-electron chi connectivity index (χ1n) is 5.82. The molecule has 0 aliphatic heterocycles. The highest BCUT2D eigenvalue weighted by molar-refractivity contribution is 7.93. The molecule has 3 nitrogen and oxygen atoms in total. The van der Waals surface area contributed by atoms with Gasteiger partial charge < -0.3 is 15.0 Å². The topological polar surface area (TPSA) is 52.5 Å². The molecule has 0 aliphatic rings. The van der Waals surface area contributed by atoms with Crippen molar-refractivity contribution >= 4 is 12.0 Å². The number of benzene rings is 1. The predicted octanol–water partition coefficient (Wildman–Crippen LogP) is 2.68. The van der Waals surface area contributed by atoms with Gasteiger partial charge in [-0.05, 0) is 44.4 Å². The lowest BCUT2D eigenvalue weighted by atomic mass is 9.91. The minimum atomic E-state index is -0.537. The van der Waals surface area contributed by atoms with E-state index >= 15 is 0 Å². The largest absolute Gasteiger partial charge is 0.387 e. The van der Waals surface area contributed by atoms with Crippen LogP contribution in [0.2, 0.25) is 0 Å². The second-order valence-electron chi connectivity index (χ2n) is 4.65. The quantitative estimate of drug-likeness (QED) is 0.518. The van der Waals surface area contributed by atoms with Gasteiger partial charge in [-0.25, -0.2) is 0 Å². The van der Waals surface area contributed by atoms with Crippen molar-refractivity contribution in [2.45, 2.75) is 31.9 Å². The summed E-state index contributed by atoms with van der Waals surface area (Å²) >= 11 is 0.854. The molecule has 17 heavy (non-hydrogen) atoms. The lowest BCUT2D eigenvalue weighted by Gasteiger charge is -2.32. The van der Waals surface area contributed by atoms with Crippen LogP contribution in [0.3, 0.4) is 0 Å². The molecule has 0 heterocycles. The van der Waals surface area contributed by atoms with Gasteiger partial charge in [0, 0.05) is 11.3 Å². The highest BCUT2D eigenvalue weighted by atomic mass is 32.2. The van der Waals surface area contributed by atoms with Crippen LogP contribution in [0.5, 0.6) is 0 Å². The van der Waals surface area contributed by atoms with Crippen molar-refractivity contribution < 1.29 is 9.66 Å². The van der Waals surface area contributed by atoms with Crippen LogP contribution >= 0.6 is 12.0 Å². The summed E-state index contributed by atoms with van der Waals surface area (Å²) in [6.45, 7) is 4.75. The predicted molar refractivity (Wildman–Crippen MR) is 73.2 cm³/mol. The molecule has 0 radical (unpaired) electrons. The van der Waals surface area contributed by atoms with E-state index in [0.29, 0.717) is 5.75 Å². The standard InChI is InChI=1S/C13H21NO2S/c1-13(2,14-9-6-10-17-16)12(15)11-7-4-3-5-8-11/h3-5,7-8,12,14-16H,6,9-10H2,1-2H3. The number of rotatable bonds is 7. The summed E-state index contributed by atoms with van der Waals surface area (Å²) in [5, 5.41) is 13.6. The molecule has 96 valence electrons. The molecule has 0 bridgehead atoms. The van der Waals surface area contributed by atoms with E-state index in [1.54, 1.807) is 0 Å². The van der Waals surface area contributed by atoms with Gasteiger partial charge in [-0.1, -0.05) is 30.3 Å². The van der Waals surface area contributed by atoms with Gasteiger partial charge >= 0.3 is 0 Å². The molecule has 3 N–H and O–H groups in total. The molecule has 1 rings (SSSR count). The third-order valence-electron chi connectivity index (χ3n) is 2.79. The lowest BCUT2D eigenvalue weighted by Crippen LogP contribution is -2.45. The summed E-state index contributed by atoms with van der Waals surface area (Å²) in [7, 11) is 0. The third kappa shape index (κ3) is 4.68. The van der Waals surface area contributed by atoms with Gasteiger partial charge in [0.2, 0.25) is 0 Å². The molecule has 0 spiro atoms. The zero-order valence-electron chi connectivity index (χ0n) is 10.4. The first-order valence-corrected chi connectivity index (χ1v) is 6.76. The fourth-order valence-electron chi connectivity index (χ4n) is 1.70. The average Bonchev–Trinajstić information content (AvgIpc) is 2.35. The van der Waals surface area contributed by atoms with Crippen molar-refractivity contribution in [3.8, 4) is 0 Å². The van der Waals surface area contributed by atoms with Crippen molar-refractivity contribution in [3.05, 3.63) is 35.9 Å². The SMILES string of the molecule is CC(C)(NCCCSO)C(O)c1ccccc1. The van der Waals surface area contributed by atoms with Crippen LogP contribution in [-0.2, 0) is 0 Å². The molecule has 1 aromatic rings. The Hall–Kier alpha value is -0.550. The highest BCUT2D eigenvalue weighted by Crippen LogP contribution is 2.24. The molecule has 0 amide bonds. The molecule has 0 aliphatic carbocycles. The van der Waals surface area contributed by atoms with Gasteiger partial charge in [-0.3, -0.25) is 0 Å². The highest BCUT2D eigenvalue weighted by Gasteiger charge is 2.27. The molecule has 0 fully saturated rings. The van der Waals surface area contributed by atoms with E-state index in [1.165, 1.54) is 0 Å². The van der Waals surface area contributed by atoms with Crippen LogP contribution in [0.15, 0.2) is 30.3 Å².